The first-order valence-corrected chi connectivity index (χ1v) is 10.3. The van der Waals surface area contributed by atoms with E-state index in [0.717, 1.165) is 18.2 Å². The van der Waals surface area contributed by atoms with Crippen LogP contribution in [0.15, 0.2) is 30.3 Å². The summed E-state index contributed by atoms with van der Waals surface area (Å²) in [7, 11) is 0. The molecule has 1 saturated heterocycles. The largest absolute Gasteiger partial charge is 0.478 e. The maximum atomic E-state index is 13.3. The summed E-state index contributed by atoms with van der Waals surface area (Å²) in [4.78, 5) is 28.3. The second-order valence-electron chi connectivity index (χ2n) is 7.03. The molecule has 1 amide bonds. The van der Waals surface area contributed by atoms with E-state index < -0.39 is 22.6 Å². The molecule has 1 aromatic carbocycles. The highest BCUT2D eigenvalue weighted by atomic mass is 35.5. The molecular weight excluding hydrogens is 469 g/mol. The van der Waals surface area contributed by atoms with E-state index in [4.69, 9.17) is 21.1 Å². The Hall–Kier alpha value is -3.12. The van der Waals surface area contributed by atoms with Crippen LogP contribution in [0.5, 0.6) is 5.88 Å². The molecule has 33 heavy (non-hydrogen) atoms. The molecule has 0 saturated carbocycles. The van der Waals surface area contributed by atoms with Crippen LogP contribution in [0.25, 0.3) is 0 Å². The second-order valence-corrected chi connectivity index (χ2v) is 7.44. The van der Waals surface area contributed by atoms with Gasteiger partial charge in [-0.15, -0.1) is 0 Å². The van der Waals surface area contributed by atoms with Crippen molar-refractivity contribution in [3.8, 4) is 5.88 Å². The maximum Gasteiger partial charge on any atom is 0.416 e. The van der Waals surface area contributed by atoms with Crippen molar-refractivity contribution in [2.45, 2.75) is 12.6 Å². The molecule has 1 N–H and O–H groups in total. The minimum atomic E-state index is -4.56. The number of hydrogen-bond acceptors (Lipinski definition) is 7. The molecule has 13 heteroatoms. The number of non-ortho nitro benzene ring substituents is 1. The van der Waals surface area contributed by atoms with Crippen LogP contribution in [-0.2, 0) is 10.9 Å². The molecule has 0 bridgehead atoms. The molecular formula is C20H20ClF3N4O5. The number of nitrogens with one attached hydrogen (secondary N) is 1. The third kappa shape index (κ3) is 6.68. The van der Waals surface area contributed by atoms with Crippen molar-refractivity contribution in [2.75, 3.05) is 44.4 Å². The van der Waals surface area contributed by atoms with Crippen LogP contribution in [0.1, 0.15) is 22.3 Å². The van der Waals surface area contributed by atoms with E-state index in [9.17, 15) is 28.1 Å². The highest BCUT2D eigenvalue weighted by molar-refractivity contribution is 6.33. The van der Waals surface area contributed by atoms with Gasteiger partial charge in [0.25, 0.3) is 11.6 Å². The summed E-state index contributed by atoms with van der Waals surface area (Å²) in [6.07, 6.45) is -4.31. The molecule has 0 atom stereocenters. The lowest BCUT2D eigenvalue weighted by Crippen LogP contribution is -2.37. The molecule has 1 aromatic heterocycles. The molecule has 0 spiro atoms. The van der Waals surface area contributed by atoms with Gasteiger partial charge >= 0.3 is 6.18 Å². The molecule has 0 radical (unpaired) electrons. The van der Waals surface area contributed by atoms with E-state index in [1.165, 1.54) is 12.1 Å². The van der Waals surface area contributed by atoms with Crippen molar-refractivity contribution in [1.29, 1.82) is 0 Å². The molecule has 1 aliphatic rings. The number of nitrogens with zero attached hydrogens (tertiary/aromatic N) is 3. The van der Waals surface area contributed by atoms with Gasteiger partial charge in [0.2, 0.25) is 5.88 Å². The Balaban J connectivity index is 1.57. The number of hydrogen-bond donors (Lipinski definition) is 1. The SMILES string of the molecule is O=C(NCCCOc1cc(C(F)(F)F)cc(N2CCOCC2)n1)c1cc([N+](=O)[O-])ccc1Cl. The van der Waals surface area contributed by atoms with E-state index >= 15 is 0 Å². The molecule has 2 heterocycles. The highest BCUT2D eigenvalue weighted by Crippen LogP contribution is 2.33. The lowest BCUT2D eigenvalue weighted by Gasteiger charge is -2.28. The zero-order valence-corrected chi connectivity index (χ0v) is 18.0. The number of morpholine rings is 1. The van der Waals surface area contributed by atoms with Gasteiger partial charge in [-0.1, -0.05) is 11.6 Å². The number of amides is 1. The van der Waals surface area contributed by atoms with Gasteiger partial charge in [-0.2, -0.15) is 18.2 Å². The van der Waals surface area contributed by atoms with Gasteiger partial charge in [-0.05, 0) is 18.6 Å². The Bertz CT molecular complexity index is 1020. The van der Waals surface area contributed by atoms with Crippen LogP contribution in [0.3, 0.4) is 0 Å². The molecule has 1 aliphatic heterocycles. The number of nitro benzene ring substituents is 1. The number of pyridine rings is 1. The van der Waals surface area contributed by atoms with E-state index in [0.29, 0.717) is 26.3 Å². The summed E-state index contributed by atoms with van der Waals surface area (Å²) in [5, 5.41) is 13.5. The Labute approximate surface area is 191 Å². The van der Waals surface area contributed by atoms with Crippen LogP contribution in [0.4, 0.5) is 24.7 Å². The van der Waals surface area contributed by atoms with E-state index in [-0.39, 0.29) is 47.5 Å². The summed E-state index contributed by atoms with van der Waals surface area (Å²) in [6, 6.07) is 5.30. The lowest BCUT2D eigenvalue weighted by molar-refractivity contribution is -0.384. The monoisotopic (exact) mass is 488 g/mol. The van der Waals surface area contributed by atoms with E-state index in [1.54, 1.807) is 4.90 Å². The molecule has 0 aliphatic carbocycles. The fourth-order valence-electron chi connectivity index (χ4n) is 3.03. The zero-order chi connectivity index (χ0) is 24.0. The number of ether oxygens (including phenoxy) is 2. The number of anilines is 1. The minimum Gasteiger partial charge on any atom is -0.478 e. The summed E-state index contributed by atoms with van der Waals surface area (Å²) < 4.78 is 50.5. The molecule has 1 fully saturated rings. The normalized spacial score (nSPS) is 14.1. The van der Waals surface area contributed by atoms with Crippen molar-refractivity contribution in [3.05, 3.63) is 56.6 Å². The average Bonchev–Trinajstić information content (AvgIpc) is 2.78. The average molecular weight is 489 g/mol. The van der Waals surface area contributed by atoms with Gasteiger partial charge in [-0.25, -0.2) is 0 Å². The van der Waals surface area contributed by atoms with Crippen molar-refractivity contribution >= 4 is 29.0 Å². The smallest absolute Gasteiger partial charge is 0.416 e. The number of benzene rings is 1. The number of alkyl halides is 3. The van der Waals surface area contributed by atoms with Gasteiger partial charge in [0.15, 0.2) is 0 Å². The number of halogens is 4. The van der Waals surface area contributed by atoms with Gasteiger partial charge in [0.05, 0.1) is 40.9 Å². The first-order valence-electron chi connectivity index (χ1n) is 9.92. The number of carbonyl (C=O) groups excluding carboxylic acids is 1. The predicted octanol–water partition coefficient (Wildman–Crippen LogP) is 3.70. The van der Waals surface area contributed by atoms with Gasteiger partial charge in [0.1, 0.15) is 5.82 Å². The fourth-order valence-corrected chi connectivity index (χ4v) is 3.23. The van der Waals surface area contributed by atoms with Gasteiger partial charge in [0, 0.05) is 37.8 Å². The Morgan fingerprint density at radius 2 is 2.00 bits per heavy atom. The summed E-state index contributed by atoms with van der Waals surface area (Å²) >= 11 is 5.93. The van der Waals surface area contributed by atoms with Crippen molar-refractivity contribution in [3.63, 3.8) is 0 Å². The van der Waals surface area contributed by atoms with Crippen LogP contribution in [0, 0.1) is 10.1 Å². The first kappa shape index (κ1) is 24.5. The van der Waals surface area contributed by atoms with Crippen LogP contribution in [0.2, 0.25) is 5.02 Å². The Morgan fingerprint density at radius 1 is 1.27 bits per heavy atom. The predicted molar refractivity (Wildman–Crippen MR) is 113 cm³/mol. The molecule has 2 aromatic rings. The zero-order valence-electron chi connectivity index (χ0n) is 17.2. The molecule has 3 rings (SSSR count). The van der Waals surface area contributed by atoms with E-state index in [2.05, 4.69) is 10.3 Å². The highest BCUT2D eigenvalue weighted by Gasteiger charge is 2.32. The third-order valence-corrected chi connectivity index (χ3v) is 5.04. The van der Waals surface area contributed by atoms with Crippen molar-refractivity contribution < 1.29 is 32.4 Å². The summed E-state index contributed by atoms with van der Waals surface area (Å²) in [5.41, 5.74) is -1.20. The molecule has 9 nitrogen and oxygen atoms in total. The number of rotatable bonds is 8. The molecule has 178 valence electrons. The topological polar surface area (TPSA) is 107 Å². The number of nitro groups is 1. The van der Waals surface area contributed by atoms with E-state index in [1.807, 2.05) is 0 Å². The van der Waals surface area contributed by atoms with Crippen LogP contribution < -0.4 is 15.0 Å². The van der Waals surface area contributed by atoms with Gasteiger partial charge < -0.3 is 19.7 Å². The third-order valence-electron chi connectivity index (χ3n) is 4.71. The van der Waals surface area contributed by atoms with Crippen LogP contribution in [-0.4, -0.2) is 55.3 Å². The standard InChI is InChI=1S/C20H20ClF3N4O5/c21-16-3-2-14(28(30)31)12-15(16)19(29)25-4-1-7-33-18-11-13(20(22,23)24)10-17(26-18)27-5-8-32-9-6-27/h2-3,10-12H,1,4-9H2,(H,25,29). The fraction of sp³-hybridized carbons (Fsp3) is 0.400. The van der Waals surface area contributed by atoms with Gasteiger partial charge in [-0.3, -0.25) is 14.9 Å². The minimum absolute atomic E-state index is 0.0141. The first-order chi connectivity index (χ1) is 15.6. The summed E-state index contributed by atoms with van der Waals surface area (Å²) in [5.74, 6) is -0.647. The Morgan fingerprint density at radius 3 is 2.67 bits per heavy atom. The van der Waals surface area contributed by atoms with Crippen molar-refractivity contribution in [1.82, 2.24) is 10.3 Å². The molecule has 0 unspecified atom stereocenters. The number of carbonyl (C=O) groups is 1. The quantitative estimate of drug-likeness (QED) is 0.343. The Kier molecular flexibility index (Phi) is 7.92. The second kappa shape index (κ2) is 10.7. The number of aromatic nitrogens is 1. The maximum absolute atomic E-state index is 13.3. The summed E-state index contributed by atoms with van der Waals surface area (Å²) in [6.45, 7) is 1.71. The van der Waals surface area contributed by atoms with Crippen LogP contribution >= 0.6 is 11.6 Å². The van der Waals surface area contributed by atoms with Crippen molar-refractivity contribution in [2.24, 2.45) is 0 Å². The lowest BCUT2D eigenvalue weighted by atomic mass is 10.2.